The molecule has 0 bridgehead atoms. The van der Waals surface area contributed by atoms with E-state index in [2.05, 4.69) is 6.92 Å². The van der Waals surface area contributed by atoms with Crippen molar-refractivity contribution in [1.82, 2.24) is 0 Å². The molecule has 2 aliphatic heterocycles. The standard InChI is InChI=1S/C26H50O12/c1-2-3-4-5-6-7-8-9-10-11-12-34-13-14-35-25-23(32)22(31)20(29)18(38-25)16-36-26-24(33)21(30)19(28)17(15-27)37-26/h17-33H,2-16H2,1H3/t17-,18-,19+,20-,21+,22+,23-,24-,25-,26+/m1/s1. The Morgan fingerprint density at radius 2 is 1.03 bits per heavy atom. The van der Waals surface area contributed by atoms with Gasteiger partial charge in [-0.1, -0.05) is 64.7 Å². The van der Waals surface area contributed by atoms with Crippen molar-refractivity contribution in [2.24, 2.45) is 0 Å². The molecule has 10 atom stereocenters. The van der Waals surface area contributed by atoms with Gasteiger partial charge in [-0.3, -0.25) is 0 Å². The minimum absolute atomic E-state index is 0.0998. The second-order valence-corrected chi connectivity index (χ2v) is 10.2. The minimum atomic E-state index is -1.62. The number of aliphatic hydroxyl groups excluding tert-OH is 7. The maximum atomic E-state index is 10.3. The van der Waals surface area contributed by atoms with Gasteiger partial charge in [-0.15, -0.1) is 0 Å². The summed E-state index contributed by atoms with van der Waals surface area (Å²) in [5, 5.41) is 69.8. The summed E-state index contributed by atoms with van der Waals surface area (Å²) >= 11 is 0. The van der Waals surface area contributed by atoms with Crippen molar-refractivity contribution in [3.63, 3.8) is 0 Å². The molecule has 0 spiro atoms. The summed E-state index contributed by atoms with van der Waals surface area (Å²) in [6.45, 7) is 2.18. The molecular weight excluding hydrogens is 504 g/mol. The fourth-order valence-electron chi connectivity index (χ4n) is 4.60. The van der Waals surface area contributed by atoms with E-state index in [1.165, 1.54) is 51.4 Å². The highest BCUT2D eigenvalue weighted by Crippen LogP contribution is 2.26. The Morgan fingerprint density at radius 1 is 0.526 bits per heavy atom. The first-order chi connectivity index (χ1) is 18.3. The molecule has 0 radical (unpaired) electrons. The van der Waals surface area contributed by atoms with E-state index >= 15 is 0 Å². The molecule has 12 heteroatoms. The van der Waals surface area contributed by atoms with Crippen molar-refractivity contribution in [3.8, 4) is 0 Å². The zero-order valence-electron chi connectivity index (χ0n) is 22.6. The molecule has 2 rings (SSSR count). The quantitative estimate of drug-likeness (QED) is 0.102. The van der Waals surface area contributed by atoms with Crippen LogP contribution in [0.5, 0.6) is 0 Å². The number of rotatable bonds is 19. The van der Waals surface area contributed by atoms with Crippen LogP contribution in [0.1, 0.15) is 71.1 Å². The van der Waals surface area contributed by atoms with E-state index in [9.17, 15) is 35.7 Å². The van der Waals surface area contributed by atoms with Gasteiger partial charge in [0.25, 0.3) is 0 Å². The molecule has 2 fully saturated rings. The van der Waals surface area contributed by atoms with E-state index in [1.807, 2.05) is 0 Å². The third kappa shape index (κ3) is 10.8. The van der Waals surface area contributed by atoms with Crippen LogP contribution in [0.2, 0.25) is 0 Å². The second kappa shape index (κ2) is 18.8. The lowest BCUT2D eigenvalue weighted by atomic mass is 9.98. The van der Waals surface area contributed by atoms with Gasteiger partial charge in [0.1, 0.15) is 48.8 Å². The summed E-state index contributed by atoms with van der Waals surface area (Å²) in [4.78, 5) is 0. The Labute approximate surface area is 225 Å². The van der Waals surface area contributed by atoms with Crippen LogP contribution in [-0.4, -0.2) is 130 Å². The largest absolute Gasteiger partial charge is 0.394 e. The molecule has 2 heterocycles. The van der Waals surface area contributed by atoms with Crippen LogP contribution >= 0.6 is 0 Å². The number of ether oxygens (including phenoxy) is 5. The van der Waals surface area contributed by atoms with Crippen LogP contribution in [0.15, 0.2) is 0 Å². The van der Waals surface area contributed by atoms with Gasteiger partial charge in [0, 0.05) is 6.61 Å². The van der Waals surface area contributed by atoms with Gasteiger partial charge in [-0.2, -0.15) is 0 Å². The topological polar surface area (TPSA) is 188 Å². The van der Waals surface area contributed by atoms with E-state index in [1.54, 1.807) is 0 Å². The maximum Gasteiger partial charge on any atom is 0.186 e. The molecule has 2 aliphatic rings. The summed E-state index contributed by atoms with van der Waals surface area (Å²) in [5.41, 5.74) is 0. The third-order valence-corrected chi connectivity index (χ3v) is 7.09. The monoisotopic (exact) mass is 554 g/mol. The van der Waals surface area contributed by atoms with Crippen LogP contribution in [0.4, 0.5) is 0 Å². The van der Waals surface area contributed by atoms with E-state index < -0.39 is 74.6 Å². The van der Waals surface area contributed by atoms with Crippen LogP contribution in [0, 0.1) is 0 Å². The van der Waals surface area contributed by atoms with Gasteiger partial charge in [0.05, 0.1) is 26.4 Å². The van der Waals surface area contributed by atoms with Gasteiger partial charge in [-0.05, 0) is 6.42 Å². The van der Waals surface area contributed by atoms with Crippen molar-refractivity contribution in [2.75, 3.05) is 33.0 Å². The molecule has 7 N–H and O–H groups in total. The molecule has 38 heavy (non-hydrogen) atoms. The van der Waals surface area contributed by atoms with Crippen LogP contribution in [-0.2, 0) is 23.7 Å². The fourth-order valence-corrected chi connectivity index (χ4v) is 4.60. The highest BCUT2D eigenvalue weighted by molar-refractivity contribution is 4.91. The predicted molar refractivity (Wildman–Crippen MR) is 135 cm³/mol. The molecule has 0 amide bonds. The first kappa shape index (κ1) is 33.7. The molecule has 2 saturated heterocycles. The molecule has 0 aromatic heterocycles. The lowest BCUT2D eigenvalue weighted by Crippen LogP contribution is -2.61. The zero-order chi connectivity index (χ0) is 27.9. The van der Waals surface area contributed by atoms with Crippen LogP contribution < -0.4 is 0 Å². The summed E-state index contributed by atoms with van der Waals surface area (Å²) in [5.74, 6) is 0. The maximum absolute atomic E-state index is 10.3. The number of unbranched alkanes of at least 4 members (excludes halogenated alkanes) is 9. The van der Waals surface area contributed by atoms with Crippen molar-refractivity contribution >= 4 is 0 Å². The van der Waals surface area contributed by atoms with E-state index in [4.69, 9.17) is 23.7 Å². The lowest BCUT2D eigenvalue weighted by molar-refractivity contribution is -0.331. The van der Waals surface area contributed by atoms with Gasteiger partial charge in [-0.25, -0.2) is 0 Å². The molecule has 12 nitrogen and oxygen atoms in total. The Bertz CT molecular complexity index is 597. The van der Waals surface area contributed by atoms with Crippen LogP contribution in [0.25, 0.3) is 0 Å². The second-order valence-electron chi connectivity index (χ2n) is 10.2. The molecule has 0 aliphatic carbocycles. The lowest BCUT2D eigenvalue weighted by Gasteiger charge is -2.42. The Morgan fingerprint density at radius 3 is 1.61 bits per heavy atom. The first-order valence-electron chi connectivity index (χ1n) is 14.1. The van der Waals surface area contributed by atoms with Crippen molar-refractivity contribution in [1.29, 1.82) is 0 Å². The summed E-state index contributed by atoms with van der Waals surface area (Å²) in [6.07, 6.45) is -1.97. The normalized spacial score (nSPS) is 36.0. The third-order valence-electron chi connectivity index (χ3n) is 7.09. The van der Waals surface area contributed by atoms with Gasteiger partial charge < -0.3 is 59.4 Å². The van der Waals surface area contributed by atoms with Crippen molar-refractivity contribution < 1.29 is 59.4 Å². The highest BCUT2D eigenvalue weighted by atomic mass is 16.7. The average Bonchev–Trinajstić information content (AvgIpc) is 2.92. The molecule has 0 aromatic carbocycles. The zero-order valence-corrected chi connectivity index (χ0v) is 22.6. The number of hydrogen-bond donors (Lipinski definition) is 7. The Kier molecular flexibility index (Phi) is 16.7. The molecular formula is C26H50O12. The highest BCUT2D eigenvalue weighted by Gasteiger charge is 2.47. The minimum Gasteiger partial charge on any atom is -0.394 e. The molecule has 0 unspecified atom stereocenters. The number of aliphatic hydroxyl groups is 7. The van der Waals surface area contributed by atoms with Crippen LogP contribution in [0.3, 0.4) is 0 Å². The van der Waals surface area contributed by atoms with E-state index in [-0.39, 0.29) is 13.2 Å². The smallest absolute Gasteiger partial charge is 0.186 e. The Balaban J connectivity index is 1.61. The molecule has 226 valence electrons. The van der Waals surface area contributed by atoms with E-state index in [0.29, 0.717) is 6.61 Å². The van der Waals surface area contributed by atoms with Crippen molar-refractivity contribution in [2.45, 2.75) is 133 Å². The average molecular weight is 555 g/mol. The predicted octanol–water partition coefficient (Wildman–Crippen LogP) is -0.435. The summed E-state index contributed by atoms with van der Waals surface area (Å²) in [6, 6.07) is 0. The Hall–Kier alpha value is -0.480. The van der Waals surface area contributed by atoms with Crippen molar-refractivity contribution in [3.05, 3.63) is 0 Å². The van der Waals surface area contributed by atoms with E-state index in [0.717, 1.165) is 12.8 Å². The fraction of sp³-hybridized carbons (Fsp3) is 1.00. The summed E-state index contributed by atoms with van der Waals surface area (Å²) in [7, 11) is 0. The first-order valence-corrected chi connectivity index (χ1v) is 14.1. The van der Waals surface area contributed by atoms with Gasteiger partial charge in [0.2, 0.25) is 0 Å². The molecule has 0 saturated carbocycles. The number of hydrogen-bond acceptors (Lipinski definition) is 12. The van der Waals surface area contributed by atoms with Gasteiger partial charge >= 0.3 is 0 Å². The molecule has 0 aromatic rings. The van der Waals surface area contributed by atoms with Gasteiger partial charge in [0.15, 0.2) is 12.6 Å². The SMILES string of the molecule is CCCCCCCCCCCCOCCO[C@@H]1O[C@H](CO[C@H]2O[C@H](CO)[C@H](O)[C@H](O)[C@H]2O)[C@@H](O)[C@H](O)[C@H]1O. The summed E-state index contributed by atoms with van der Waals surface area (Å²) < 4.78 is 27.3.